The van der Waals surface area contributed by atoms with E-state index in [1.54, 1.807) is 19.2 Å². The molecule has 7 nitrogen and oxygen atoms in total. The van der Waals surface area contributed by atoms with Crippen LogP contribution in [0.4, 0.5) is 5.69 Å². The van der Waals surface area contributed by atoms with E-state index in [0.717, 1.165) is 26.2 Å². The monoisotopic (exact) mass is 382 g/mol. The van der Waals surface area contributed by atoms with Crippen LogP contribution in [0.1, 0.15) is 6.92 Å². The highest BCUT2D eigenvalue weighted by atomic mass is 35.5. The molecular weight excluding hydrogens is 356 g/mol. The van der Waals surface area contributed by atoms with Gasteiger partial charge in [0.25, 0.3) is 0 Å². The number of hydrogen-bond donors (Lipinski definition) is 2. The van der Waals surface area contributed by atoms with Crippen LogP contribution in [0.5, 0.6) is 0 Å². The van der Waals surface area contributed by atoms with E-state index in [1.165, 1.54) is 0 Å². The number of methoxy groups -OCH3 is 1. The molecule has 1 aromatic carbocycles. The van der Waals surface area contributed by atoms with Crippen molar-refractivity contribution in [2.24, 2.45) is 0 Å². The first-order valence-corrected chi connectivity index (χ1v) is 9.13. The van der Waals surface area contributed by atoms with Crippen molar-refractivity contribution in [1.29, 1.82) is 0 Å². The van der Waals surface area contributed by atoms with Crippen LogP contribution < -0.4 is 10.6 Å². The number of nitrogens with zero attached hydrogens (tertiary/aromatic N) is 2. The minimum absolute atomic E-state index is 0.000498. The minimum Gasteiger partial charge on any atom is -0.383 e. The Morgan fingerprint density at radius 3 is 2.27 bits per heavy atom. The minimum atomic E-state index is -0.0855. The molecule has 0 bridgehead atoms. The van der Waals surface area contributed by atoms with Crippen molar-refractivity contribution in [3.05, 3.63) is 29.3 Å². The lowest BCUT2D eigenvalue weighted by Crippen LogP contribution is -2.51. The number of rotatable bonds is 8. The highest BCUT2D eigenvalue weighted by molar-refractivity contribution is 6.33. The number of para-hydroxylation sites is 1. The number of carbonyl (C=O) groups is 2. The molecule has 144 valence electrons. The topological polar surface area (TPSA) is 73.9 Å². The van der Waals surface area contributed by atoms with Crippen LogP contribution in [0.15, 0.2) is 24.3 Å². The number of nitrogens with one attached hydrogen (secondary N) is 2. The average molecular weight is 383 g/mol. The van der Waals surface area contributed by atoms with Gasteiger partial charge in [0.1, 0.15) is 0 Å². The van der Waals surface area contributed by atoms with Gasteiger partial charge in [-0.1, -0.05) is 23.7 Å². The van der Waals surface area contributed by atoms with Gasteiger partial charge in [-0.15, -0.1) is 0 Å². The summed E-state index contributed by atoms with van der Waals surface area (Å²) in [5.74, 6) is -0.0860. The second kappa shape index (κ2) is 10.5. The van der Waals surface area contributed by atoms with Crippen LogP contribution in [0, 0.1) is 0 Å². The number of benzene rings is 1. The largest absolute Gasteiger partial charge is 0.383 e. The molecule has 1 aliphatic heterocycles. The van der Waals surface area contributed by atoms with E-state index in [2.05, 4.69) is 20.4 Å². The van der Waals surface area contributed by atoms with E-state index < -0.39 is 0 Å². The Morgan fingerprint density at radius 2 is 1.69 bits per heavy atom. The summed E-state index contributed by atoms with van der Waals surface area (Å²) in [5, 5.41) is 6.27. The fourth-order valence-corrected chi connectivity index (χ4v) is 3.06. The summed E-state index contributed by atoms with van der Waals surface area (Å²) < 4.78 is 5.01. The van der Waals surface area contributed by atoms with Crippen molar-refractivity contribution in [3.63, 3.8) is 0 Å². The molecule has 8 heteroatoms. The lowest BCUT2D eigenvalue weighted by molar-refractivity contribution is -0.124. The Morgan fingerprint density at radius 1 is 1.12 bits per heavy atom. The Hall–Kier alpha value is -1.67. The maximum atomic E-state index is 12.2. The summed E-state index contributed by atoms with van der Waals surface area (Å²) in [7, 11) is 1.61. The first-order chi connectivity index (χ1) is 12.5. The third kappa shape index (κ3) is 6.92. The van der Waals surface area contributed by atoms with Gasteiger partial charge in [-0.2, -0.15) is 0 Å². The quantitative estimate of drug-likeness (QED) is 0.703. The SMILES string of the molecule is COCC(C)NC(=O)CN1CCN(CC(=O)Nc2ccccc2Cl)CC1. The number of halogens is 1. The van der Waals surface area contributed by atoms with Gasteiger partial charge in [-0.05, 0) is 19.1 Å². The van der Waals surface area contributed by atoms with Gasteiger partial charge in [-0.3, -0.25) is 19.4 Å². The first kappa shape index (κ1) is 20.6. The summed E-state index contributed by atoms with van der Waals surface area (Å²) in [6.07, 6.45) is 0. The molecule has 1 atom stereocenters. The molecule has 1 fully saturated rings. The van der Waals surface area contributed by atoms with E-state index in [-0.39, 0.29) is 17.9 Å². The molecule has 1 aliphatic rings. The molecule has 2 N–H and O–H groups in total. The second-order valence-electron chi connectivity index (χ2n) is 6.50. The summed E-state index contributed by atoms with van der Waals surface area (Å²) >= 11 is 6.05. The highest BCUT2D eigenvalue weighted by Crippen LogP contribution is 2.20. The fraction of sp³-hybridized carbons (Fsp3) is 0.556. The maximum Gasteiger partial charge on any atom is 0.238 e. The normalized spacial score (nSPS) is 16.9. The van der Waals surface area contributed by atoms with Crippen LogP contribution in [0.2, 0.25) is 5.02 Å². The second-order valence-corrected chi connectivity index (χ2v) is 6.91. The Balaban J connectivity index is 1.69. The number of anilines is 1. The molecule has 0 spiro atoms. The van der Waals surface area contributed by atoms with Gasteiger partial charge in [0.05, 0.1) is 30.4 Å². The number of ether oxygens (including phenoxy) is 1. The summed E-state index contributed by atoms with van der Waals surface area (Å²) in [5.41, 5.74) is 0.625. The van der Waals surface area contributed by atoms with Gasteiger partial charge < -0.3 is 15.4 Å². The standard InChI is InChI=1S/C18H27ClN4O3/c1-14(13-26-2)20-17(24)11-22-7-9-23(10-8-22)12-18(25)21-16-6-4-3-5-15(16)19/h3-6,14H,7-13H2,1-2H3,(H,20,24)(H,21,25). The Kier molecular flexibility index (Phi) is 8.31. The van der Waals surface area contributed by atoms with E-state index in [0.29, 0.717) is 30.4 Å². The molecule has 1 heterocycles. The van der Waals surface area contributed by atoms with Crippen LogP contribution >= 0.6 is 11.6 Å². The maximum absolute atomic E-state index is 12.2. The predicted octanol–water partition coefficient (Wildman–Crippen LogP) is 1.05. The van der Waals surface area contributed by atoms with Crippen molar-refractivity contribution in [1.82, 2.24) is 15.1 Å². The number of amides is 2. The molecule has 1 saturated heterocycles. The molecule has 2 amide bonds. The van der Waals surface area contributed by atoms with E-state index in [9.17, 15) is 9.59 Å². The van der Waals surface area contributed by atoms with Crippen molar-refractivity contribution < 1.29 is 14.3 Å². The lowest BCUT2D eigenvalue weighted by atomic mass is 10.3. The summed E-state index contributed by atoms with van der Waals surface area (Å²) in [4.78, 5) is 28.3. The predicted molar refractivity (Wildman–Crippen MR) is 102 cm³/mol. The van der Waals surface area contributed by atoms with Crippen LogP contribution in [-0.4, -0.2) is 80.6 Å². The first-order valence-electron chi connectivity index (χ1n) is 8.75. The third-order valence-electron chi connectivity index (χ3n) is 4.17. The van der Waals surface area contributed by atoms with Crippen LogP contribution in [-0.2, 0) is 14.3 Å². The van der Waals surface area contributed by atoms with E-state index >= 15 is 0 Å². The van der Waals surface area contributed by atoms with Gasteiger partial charge >= 0.3 is 0 Å². The molecule has 1 unspecified atom stereocenters. The smallest absolute Gasteiger partial charge is 0.238 e. The number of hydrogen-bond acceptors (Lipinski definition) is 5. The molecule has 1 aromatic rings. The van der Waals surface area contributed by atoms with Gasteiger partial charge in [-0.25, -0.2) is 0 Å². The fourth-order valence-electron chi connectivity index (χ4n) is 2.88. The summed E-state index contributed by atoms with van der Waals surface area (Å²) in [6, 6.07) is 7.18. The molecule has 0 saturated carbocycles. The average Bonchev–Trinajstić information content (AvgIpc) is 2.59. The van der Waals surface area contributed by atoms with E-state index in [1.807, 2.05) is 19.1 Å². The van der Waals surface area contributed by atoms with Gasteiger partial charge in [0.15, 0.2) is 0 Å². The zero-order valence-corrected chi connectivity index (χ0v) is 16.1. The van der Waals surface area contributed by atoms with Crippen LogP contribution in [0.3, 0.4) is 0 Å². The molecule has 0 aromatic heterocycles. The van der Waals surface area contributed by atoms with Gasteiger partial charge in [0.2, 0.25) is 11.8 Å². The zero-order valence-electron chi connectivity index (χ0n) is 15.3. The molecular formula is C18H27ClN4O3. The van der Waals surface area contributed by atoms with Crippen molar-refractivity contribution in [2.75, 3.05) is 58.3 Å². The third-order valence-corrected chi connectivity index (χ3v) is 4.50. The molecule has 0 radical (unpaired) electrons. The number of carbonyl (C=O) groups excluding carboxylic acids is 2. The molecule has 26 heavy (non-hydrogen) atoms. The molecule has 0 aliphatic carbocycles. The summed E-state index contributed by atoms with van der Waals surface area (Å²) in [6.45, 7) is 6.10. The Bertz CT molecular complexity index is 606. The number of piperazine rings is 1. The lowest BCUT2D eigenvalue weighted by Gasteiger charge is -2.34. The molecule has 2 rings (SSSR count). The van der Waals surface area contributed by atoms with Crippen molar-refractivity contribution >= 4 is 29.1 Å². The Labute approximate surface area is 159 Å². The zero-order chi connectivity index (χ0) is 18.9. The van der Waals surface area contributed by atoms with Crippen molar-refractivity contribution in [3.8, 4) is 0 Å². The van der Waals surface area contributed by atoms with E-state index in [4.69, 9.17) is 16.3 Å². The van der Waals surface area contributed by atoms with Gasteiger partial charge in [0, 0.05) is 39.3 Å². The highest BCUT2D eigenvalue weighted by Gasteiger charge is 2.21. The van der Waals surface area contributed by atoms with Crippen LogP contribution in [0.25, 0.3) is 0 Å². The van der Waals surface area contributed by atoms with Crippen molar-refractivity contribution in [2.45, 2.75) is 13.0 Å².